The van der Waals surface area contributed by atoms with Crippen molar-refractivity contribution in [2.75, 3.05) is 44.7 Å². The third-order valence-corrected chi connectivity index (χ3v) is 4.62. The summed E-state index contributed by atoms with van der Waals surface area (Å²) in [5, 5.41) is 0.791. The quantitative estimate of drug-likeness (QED) is 0.810. The molecular formula is C20H23ClN2O. The van der Waals surface area contributed by atoms with Gasteiger partial charge >= 0.3 is 0 Å². The maximum absolute atomic E-state index is 5.96. The van der Waals surface area contributed by atoms with Gasteiger partial charge in [0, 0.05) is 49.0 Å². The highest BCUT2D eigenvalue weighted by atomic mass is 35.5. The van der Waals surface area contributed by atoms with E-state index in [9.17, 15) is 0 Å². The van der Waals surface area contributed by atoms with Crippen LogP contribution in [0.3, 0.4) is 0 Å². The van der Waals surface area contributed by atoms with E-state index in [4.69, 9.17) is 16.3 Å². The van der Waals surface area contributed by atoms with Crippen LogP contribution in [-0.2, 0) is 0 Å². The average Bonchev–Trinajstić information content (AvgIpc) is 2.63. The molecule has 0 unspecified atom stereocenters. The van der Waals surface area contributed by atoms with Crippen LogP contribution < -0.4 is 9.64 Å². The Morgan fingerprint density at radius 2 is 1.71 bits per heavy atom. The minimum Gasteiger partial charge on any atom is -0.496 e. The van der Waals surface area contributed by atoms with E-state index in [-0.39, 0.29) is 0 Å². The molecule has 126 valence electrons. The molecule has 3 nitrogen and oxygen atoms in total. The van der Waals surface area contributed by atoms with Gasteiger partial charge in [0.2, 0.25) is 0 Å². The summed E-state index contributed by atoms with van der Waals surface area (Å²) in [4.78, 5) is 4.88. The highest BCUT2D eigenvalue weighted by molar-refractivity contribution is 6.30. The molecule has 2 aromatic carbocycles. The van der Waals surface area contributed by atoms with Crippen LogP contribution in [0.25, 0.3) is 6.08 Å². The highest BCUT2D eigenvalue weighted by Gasteiger charge is 2.16. The molecule has 1 aliphatic rings. The van der Waals surface area contributed by atoms with Crippen molar-refractivity contribution in [2.24, 2.45) is 0 Å². The van der Waals surface area contributed by atoms with Gasteiger partial charge in [-0.25, -0.2) is 0 Å². The molecule has 1 saturated heterocycles. The fourth-order valence-electron chi connectivity index (χ4n) is 2.97. The van der Waals surface area contributed by atoms with Crippen LogP contribution >= 0.6 is 11.6 Å². The summed E-state index contributed by atoms with van der Waals surface area (Å²) in [5.74, 6) is 0.918. The first-order chi connectivity index (χ1) is 11.8. The third kappa shape index (κ3) is 4.31. The number of hydrogen-bond acceptors (Lipinski definition) is 3. The first-order valence-electron chi connectivity index (χ1n) is 8.29. The van der Waals surface area contributed by atoms with Crippen LogP contribution in [0, 0.1) is 0 Å². The van der Waals surface area contributed by atoms with E-state index in [0.717, 1.165) is 49.1 Å². The zero-order valence-electron chi connectivity index (χ0n) is 14.0. The van der Waals surface area contributed by atoms with Crippen molar-refractivity contribution >= 4 is 23.4 Å². The fraction of sp³-hybridized carbons (Fsp3) is 0.300. The summed E-state index contributed by atoms with van der Waals surface area (Å²) < 4.78 is 5.38. The van der Waals surface area contributed by atoms with Crippen molar-refractivity contribution in [1.29, 1.82) is 0 Å². The Morgan fingerprint density at radius 1 is 1.00 bits per heavy atom. The minimum atomic E-state index is 0.791. The van der Waals surface area contributed by atoms with Crippen molar-refractivity contribution in [1.82, 2.24) is 4.90 Å². The molecule has 0 spiro atoms. The molecule has 1 aliphatic heterocycles. The van der Waals surface area contributed by atoms with Crippen molar-refractivity contribution in [3.63, 3.8) is 0 Å². The van der Waals surface area contributed by atoms with Crippen molar-refractivity contribution < 1.29 is 4.74 Å². The van der Waals surface area contributed by atoms with Crippen LogP contribution in [0.4, 0.5) is 5.69 Å². The Morgan fingerprint density at radius 3 is 2.42 bits per heavy atom. The van der Waals surface area contributed by atoms with E-state index < -0.39 is 0 Å². The van der Waals surface area contributed by atoms with Gasteiger partial charge in [0.05, 0.1) is 7.11 Å². The number of ether oxygens (including phenoxy) is 1. The minimum absolute atomic E-state index is 0.791. The lowest BCUT2D eigenvalue weighted by Crippen LogP contribution is -2.46. The molecule has 0 bridgehead atoms. The van der Waals surface area contributed by atoms with Gasteiger partial charge in [-0.05, 0) is 30.3 Å². The van der Waals surface area contributed by atoms with Crippen LogP contribution in [0.2, 0.25) is 5.02 Å². The largest absolute Gasteiger partial charge is 0.496 e. The number of rotatable bonds is 5. The van der Waals surface area contributed by atoms with Crippen LogP contribution in [0.15, 0.2) is 54.6 Å². The number of methoxy groups -OCH3 is 1. The highest BCUT2D eigenvalue weighted by Crippen LogP contribution is 2.20. The lowest BCUT2D eigenvalue weighted by Gasteiger charge is -2.35. The summed E-state index contributed by atoms with van der Waals surface area (Å²) in [7, 11) is 1.71. The summed E-state index contributed by atoms with van der Waals surface area (Å²) in [6.07, 6.45) is 4.36. The number of halogens is 1. The number of para-hydroxylation sites is 1. The van der Waals surface area contributed by atoms with Gasteiger partial charge in [-0.15, -0.1) is 0 Å². The lowest BCUT2D eigenvalue weighted by atomic mass is 10.2. The second-order valence-electron chi connectivity index (χ2n) is 5.91. The molecule has 1 fully saturated rings. The number of piperazine rings is 1. The van der Waals surface area contributed by atoms with Gasteiger partial charge in [0.15, 0.2) is 0 Å². The smallest absolute Gasteiger partial charge is 0.126 e. The molecule has 0 N–H and O–H groups in total. The van der Waals surface area contributed by atoms with E-state index in [0.29, 0.717) is 0 Å². The third-order valence-electron chi connectivity index (χ3n) is 4.36. The summed E-state index contributed by atoms with van der Waals surface area (Å²) in [6, 6.07) is 16.2. The molecule has 0 aliphatic carbocycles. The van der Waals surface area contributed by atoms with E-state index in [1.54, 1.807) is 7.11 Å². The number of nitrogens with zero attached hydrogens (tertiary/aromatic N) is 2. The molecule has 0 aromatic heterocycles. The fourth-order valence-corrected chi connectivity index (χ4v) is 3.10. The van der Waals surface area contributed by atoms with E-state index in [1.165, 1.54) is 5.69 Å². The first-order valence-corrected chi connectivity index (χ1v) is 8.66. The zero-order valence-corrected chi connectivity index (χ0v) is 14.7. The molecule has 0 atom stereocenters. The number of hydrogen-bond donors (Lipinski definition) is 0. The van der Waals surface area contributed by atoms with Gasteiger partial charge < -0.3 is 9.64 Å². The Kier molecular flexibility index (Phi) is 5.78. The van der Waals surface area contributed by atoms with Gasteiger partial charge in [0.1, 0.15) is 5.75 Å². The molecule has 1 heterocycles. The van der Waals surface area contributed by atoms with E-state index in [2.05, 4.69) is 40.2 Å². The van der Waals surface area contributed by atoms with Gasteiger partial charge in [-0.2, -0.15) is 0 Å². The SMILES string of the molecule is COc1ccccc1C=CCN1CCN(c2ccc(Cl)cc2)CC1. The van der Waals surface area contributed by atoms with Crippen molar-refractivity contribution in [3.05, 3.63) is 65.2 Å². The Bertz CT molecular complexity index is 676. The van der Waals surface area contributed by atoms with E-state index in [1.807, 2.05) is 30.3 Å². The number of benzene rings is 2. The van der Waals surface area contributed by atoms with Gasteiger partial charge in [-0.1, -0.05) is 42.0 Å². The second-order valence-corrected chi connectivity index (χ2v) is 6.34. The average molecular weight is 343 g/mol. The van der Waals surface area contributed by atoms with Crippen molar-refractivity contribution in [3.8, 4) is 5.75 Å². The summed E-state index contributed by atoms with van der Waals surface area (Å²) in [6.45, 7) is 5.19. The summed E-state index contributed by atoms with van der Waals surface area (Å²) >= 11 is 5.96. The standard InChI is InChI=1S/C20H23ClN2O/c1-24-20-7-3-2-5-17(20)6-4-12-22-13-15-23(16-14-22)19-10-8-18(21)9-11-19/h2-11H,12-16H2,1H3. The normalized spacial score (nSPS) is 15.8. The predicted molar refractivity (Wildman–Crippen MR) is 102 cm³/mol. The maximum atomic E-state index is 5.96. The Balaban J connectivity index is 1.50. The molecule has 0 saturated carbocycles. The van der Waals surface area contributed by atoms with Gasteiger partial charge in [-0.3, -0.25) is 4.90 Å². The Hall–Kier alpha value is -1.97. The molecular weight excluding hydrogens is 320 g/mol. The molecule has 24 heavy (non-hydrogen) atoms. The maximum Gasteiger partial charge on any atom is 0.126 e. The van der Waals surface area contributed by atoms with E-state index >= 15 is 0 Å². The first kappa shape index (κ1) is 16.9. The molecule has 4 heteroatoms. The molecule has 0 amide bonds. The lowest BCUT2D eigenvalue weighted by molar-refractivity contribution is 0.284. The molecule has 2 aromatic rings. The number of anilines is 1. The van der Waals surface area contributed by atoms with Gasteiger partial charge in [0.25, 0.3) is 0 Å². The Labute approximate surface area is 149 Å². The topological polar surface area (TPSA) is 15.7 Å². The zero-order chi connectivity index (χ0) is 16.8. The summed E-state index contributed by atoms with van der Waals surface area (Å²) in [5.41, 5.74) is 2.38. The molecule has 3 rings (SSSR count). The predicted octanol–water partition coefficient (Wildman–Crippen LogP) is 4.18. The second kappa shape index (κ2) is 8.22. The molecule has 0 radical (unpaired) electrons. The van der Waals surface area contributed by atoms with Crippen LogP contribution in [0.1, 0.15) is 5.56 Å². The monoisotopic (exact) mass is 342 g/mol. The van der Waals surface area contributed by atoms with Crippen LogP contribution in [-0.4, -0.2) is 44.7 Å². The van der Waals surface area contributed by atoms with Crippen molar-refractivity contribution in [2.45, 2.75) is 0 Å². The van der Waals surface area contributed by atoms with Crippen LogP contribution in [0.5, 0.6) is 5.75 Å².